The van der Waals surface area contributed by atoms with Crippen LogP contribution in [0.4, 0.5) is 0 Å². The second-order valence-electron chi connectivity index (χ2n) is 9.31. The molecule has 0 rings (SSSR count). The number of hydrogen-bond acceptors (Lipinski definition) is 9. The Morgan fingerprint density at radius 2 is 0.941 bits per heavy atom. The van der Waals surface area contributed by atoms with Gasteiger partial charge >= 0.3 is 11.9 Å². The fraction of sp³-hybridized carbons (Fsp3) is 0.920. The van der Waals surface area contributed by atoms with Crippen molar-refractivity contribution in [2.45, 2.75) is 51.4 Å². The third kappa shape index (κ3) is 20.1. The molecule has 2 N–H and O–H groups in total. The summed E-state index contributed by atoms with van der Waals surface area (Å²) in [7, 11) is 9.38. The molecule has 0 unspecified atom stereocenters. The van der Waals surface area contributed by atoms with Gasteiger partial charge in [-0.2, -0.15) is 0 Å². The van der Waals surface area contributed by atoms with Gasteiger partial charge in [0.1, 0.15) is 0 Å². The molecule has 0 atom stereocenters. The van der Waals surface area contributed by atoms with E-state index in [1.807, 2.05) is 0 Å². The van der Waals surface area contributed by atoms with Crippen LogP contribution in [0.3, 0.4) is 0 Å². The molecule has 0 radical (unpaired) electrons. The van der Waals surface area contributed by atoms with Crippen molar-refractivity contribution in [1.82, 2.24) is 19.6 Å². The van der Waals surface area contributed by atoms with Crippen LogP contribution in [0.25, 0.3) is 0 Å². The van der Waals surface area contributed by atoms with Crippen LogP contribution < -0.4 is 5.73 Å². The van der Waals surface area contributed by atoms with E-state index in [4.69, 9.17) is 15.2 Å². The van der Waals surface area contributed by atoms with E-state index in [1.54, 1.807) is 0 Å². The molecule has 0 aliphatic rings. The number of nitrogens with two attached hydrogens (primary N) is 1. The van der Waals surface area contributed by atoms with Gasteiger partial charge in [0.15, 0.2) is 0 Å². The molecule has 9 nitrogen and oxygen atoms in total. The largest absolute Gasteiger partial charge is 0.469 e. The third-order valence-corrected chi connectivity index (χ3v) is 6.20. The number of rotatable bonds is 23. The maximum absolute atomic E-state index is 11.2. The number of methoxy groups -OCH3 is 2. The number of nitrogens with zero attached hydrogens (tertiary/aromatic N) is 4. The molecule has 9 heteroatoms. The molecule has 34 heavy (non-hydrogen) atoms. The number of hydrogen-bond donors (Lipinski definition) is 1. The Labute approximate surface area is 208 Å². The summed E-state index contributed by atoms with van der Waals surface area (Å²) in [6, 6.07) is 0. The first-order valence-corrected chi connectivity index (χ1v) is 12.9. The second-order valence-corrected chi connectivity index (χ2v) is 9.31. The van der Waals surface area contributed by atoms with Gasteiger partial charge in [-0.3, -0.25) is 14.5 Å². The molecule has 0 aliphatic heterocycles. The zero-order valence-corrected chi connectivity index (χ0v) is 22.7. The Bertz CT molecular complexity index is 474. The SMILES string of the molecule is COC(=O)CCCCCN(C)CCN(CCN(C)CCN)CCN(C)CCCCCC(=O)OC. The summed E-state index contributed by atoms with van der Waals surface area (Å²) >= 11 is 0. The smallest absolute Gasteiger partial charge is 0.305 e. The molecule has 0 aromatic rings. The maximum Gasteiger partial charge on any atom is 0.305 e. The van der Waals surface area contributed by atoms with Crippen molar-refractivity contribution in [3.63, 3.8) is 0 Å². The lowest BCUT2D eigenvalue weighted by Crippen LogP contribution is -2.42. The normalized spacial score (nSPS) is 11.7. The monoisotopic (exact) mass is 487 g/mol. The molecule has 0 spiro atoms. The first kappa shape index (κ1) is 32.7. The summed E-state index contributed by atoms with van der Waals surface area (Å²) in [6.07, 6.45) is 7.14. The summed E-state index contributed by atoms with van der Waals surface area (Å²) in [4.78, 5) is 32.0. The van der Waals surface area contributed by atoms with E-state index in [-0.39, 0.29) is 11.9 Å². The van der Waals surface area contributed by atoms with Gasteiger partial charge in [0.05, 0.1) is 14.2 Å². The number of unbranched alkanes of at least 4 members (excludes halogenated alkanes) is 4. The van der Waals surface area contributed by atoms with Gasteiger partial charge in [0.25, 0.3) is 0 Å². The average Bonchev–Trinajstić information content (AvgIpc) is 2.82. The number of ether oxygens (including phenoxy) is 2. The Kier molecular flexibility index (Phi) is 21.4. The Morgan fingerprint density at radius 1 is 0.559 bits per heavy atom. The second kappa shape index (κ2) is 22.2. The topological polar surface area (TPSA) is 91.6 Å². The van der Waals surface area contributed by atoms with Crippen LogP contribution in [0.1, 0.15) is 51.4 Å². The summed E-state index contributed by atoms with van der Waals surface area (Å²) < 4.78 is 9.39. The molecular weight excluding hydrogens is 434 g/mol. The van der Waals surface area contributed by atoms with Crippen molar-refractivity contribution in [2.24, 2.45) is 5.73 Å². The number of carbonyl (C=O) groups excluding carboxylic acids is 2. The zero-order chi connectivity index (χ0) is 25.6. The van der Waals surface area contributed by atoms with E-state index < -0.39 is 0 Å². The highest BCUT2D eigenvalue weighted by Gasteiger charge is 2.10. The highest BCUT2D eigenvalue weighted by molar-refractivity contribution is 5.69. The zero-order valence-electron chi connectivity index (χ0n) is 22.7. The van der Waals surface area contributed by atoms with Crippen molar-refractivity contribution in [1.29, 1.82) is 0 Å². The van der Waals surface area contributed by atoms with Gasteiger partial charge in [0, 0.05) is 65.2 Å². The summed E-state index contributed by atoms with van der Waals surface area (Å²) in [5, 5.41) is 0. The lowest BCUT2D eigenvalue weighted by atomic mass is 10.2. The van der Waals surface area contributed by atoms with Crippen LogP contribution in [0.15, 0.2) is 0 Å². The lowest BCUT2D eigenvalue weighted by molar-refractivity contribution is -0.141. The summed E-state index contributed by atoms with van der Waals surface area (Å²) in [5.41, 5.74) is 5.70. The highest BCUT2D eigenvalue weighted by atomic mass is 16.5. The van der Waals surface area contributed by atoms with Crippen molar-refractivity contribution in [3.8, 4) is 0 Å². The number of esters is 2. The molecule has 0 aromatic heterocycles. The van der Waals surface area contributed by atoms with E-state index in [0.29, 0.717) is 19.4 Å². The van der Waals surface area contributed by atoms with E-state index in [2.05, 4.69) is 40.7 Å². The van der Waals surface area contributed by atoms with Crippen LogP contribution in [0.2, 0.25) is 0 Å². The quantitative estimate of drug-likeness (QED) is 0.170. The fourth-order valence-corrected chi connectivity index (χ4v) is 3.69. The maximum atomic E-state index is 11.2. The summed E-state index contributed by atoms with van der Waals surface area (Å²) in [5.74, 6) is -0.232. The predicted molar refractivity (Wildman–Crippen MR) is 139 cm³/mol. The van der Waals surface area contributed by atoms with Crippen molar-refractivity contribution in [3.05, 3.63) is 0 Å². The lowest BCUT2D eigenvalue weighted by Gasteiger charge is -2.29. The average molecular weight is 488 g/mol. The Balaban J connectivity index is 4.25. The van der Waals surface area contributed by atoms with E-state index >= 15 is 0 Å². The fourth-order valence-electron chi connectivity index (χ4n) is 3.69. The molecule has 0 fully saturated rings. The molecule has 202 valence electrons. The molecule has 0 saturated carbocycles. The molecule has 0 heterocycles. The first-order valence-electron chi connectivity index (χ1n) is 12.9. The minimum Gasteiger partial charge on any atom is -0.469 e. The summed E-state index contributed by atoms with van der Waals surface area (Å²) in [6.45, 7) is 9.93. The van der Waals surface area contributed by atoms with E-state index in [9.17, 15) is 9.59 Å². The Hall–Kier alpha value is -1.26. The van der Waals surface area contributed by atoms with Crippen LogP contribution in [0.5, 0.6) is 0 Å². The van der Waals surface area contributed by atoms with Gasteiger partial charge in [-0.05, 0) is 59.9 Å². The van der Waals surface area contributed by atoms with Crippen molar-refractivity contribution in [2.75, 3.05) is 101 Å². The van der Waals surface area contributed by atoms with Crippen LogP contribution in [-0.4, -0.2) is 132 Å². The predicted octanol–water partition coefficient (Wildman–Crippen LogP) is 1.51. The van der Waals surface area contributed by atoms with Gasteiger partial charge in [0.2, 0.25) is 0 Å². The third-order valence-electron chi connectivity index (χ3n) is 6.20. The number of carbonyl (C=O) groups is 2. The molecule has 0 aromatic carbocycles. The molecule has 0 bridgehead atoms. The first-order chi connectivity index (χ1) is 16.3. The number of likely N-dealkylation sites (N-methyl/N-ethyl adjacent to an activating group) is 3. The van der Waals surface area contributed by atoms with Gasteiger partial charge < -0.3 is 29.9 Å². The van der Waals surface area contributed by atoms with Crippen molar-refractivity contribution >= 4 is 11.9 Å². The molecular formula is C25H53N5O4. The van der Waals surface area contributed by atoms with E-state index in [1.165, 1.54) is 14.2 Å². The van der Waals surface area contributed by atoms with Crippen LogP contribution in [-0.2, 0) is 19.1 Å². The standard InChI is InChI=1S/C25H53N5O4/c1-27(15-10-6-8-12-24(31)33-4)18-21-30(23-20-29(3)17-14-26)22-19-28(2)16-11-7-9-13-25(32)34-5/h6-23,26H2,1-5H3. The van der Waals surface area contributed by atoms with Crippen molar-refractivity contribution < 1.29 is 19.1 Å². The minimum atomic E-state index is -0.116. The highest BCUT2D eigenvalue weighted by Crippen LogP contribution is 2.04. The van der Waals surface area contributed by atoms with Gasteiger partial charge in [-0.25, -0.2) is 0 Å². The van der Waals surface area contributed by atoms with Gasteiger partial charge in [-0.15, -0.1) is 0 Å². The van der Waals surface area contributed by atoms with Crippen LogP contribution in [0, 0.1) is 0 Å². The molecule has 0 saturated heterocycles. The van der Waals surface area contributed by atoms with E-state index in [0.717, 1.165) is 97.4 Å². The minimum absolute atomic E-state index is 0.116. The molecule has 0 aliphatic carbocycles. The Morgan fingerprint density at radius 3 is 1.29 bits per heavy atom. The van der Waals surface area contributed by atoms with Crippen LogP contribution >= 0.6 is 0 Å². The molecule has 0 amide bonds. The van der Waals surface area contributed by atoms with Gasteiger partial charge in [-0.1, -0.05) is 12.8 Å².